The number of halogens is 1. The summed E-state index contributed by atoms with van der Waals surface area (Å²) >= 11 is 0. The maximum Gasteiger partial charge on any atom is 0.193 e. The lowest BCUT2D eigenvalue weighted by Gasteiger charge is -2.34. The fourth-order valence-corrected chi connectivity index (χ4v) is 2.68. The lowest BCUT2D eigenvalue weighted by Crippen LogP contribution is -2.47. The van der Waals surface area contributed by atoms with Gasteiger partial charge in [0.1, 0.15) is 11.9 Å². The molecule has 1 saturated heterocycles. The summed E-state index contributed by atoms with van der Waals surface area (Å²) in [5.41, 5.74) is 0. The first-order chi connectivity index (χ1) is 10.7. The van der Waals surface area contributed by atoms with Crippen molar-refractivity contribution in [1.82, 2.24) is 10.2 Å². The van der Waals surface area contributed by atoms with Crippen LogP contribution in [-0.4, -0.2) is 43.6 Å². The molecule has 1 fully saturated rings. The Bertz CT molecular complexity index is 457. The van der Waals surface area contributed by atoms with E-state index in [1.807, 2.05) is 37.4 Å². The maximum atomic E-state index is 6.04. The van der Waals surface area contributed by atoms with Gasteiger partial charge < -0.3 is 15.0 Å². The van der Waals surface area contributed by atoms with Gasteiger partial charge in [-0.2, -0.15) is 0 Å². The quantitative estimate of drug-likeness (QED) is 0.438. The van der Waals surface area contributed by atoms with Gasteiger partial charge in [-0.3, -0.25) is 4.99 Å². The van der Waals surface area contributed by atoms with Crippen LogP contribution >= 0.6 is 24.0 Å². The monoisotopic (exact) mass is 431 g/mol. The average molecular weight is 431 g/mol. The Morgan fingerprint density at radius 2 is 1.91 bits per heavy atom. The summed E-state index contributed by atoms with van der Waals surface area (Å²) in [5.74, 6) is 2.72. The zero-order valence-electron chi connectivity index (χ0n) is 14.5. The molecule has 5 heteroatoms. The van der Waals surface area contributed by atoms with E-state index in [1.54, 1.807) is 0 Å². The zero-order valence-corrected chi connectivity index (χ0v) is 16.8. The number of piperidine rings is 1. The van der Waals surface area contributed by atoms with E-state index in [9.17, 15) is 0 Å². The highest BCUT2D eigenvalue weighted by Crippen LogP contribution is 2.18. The van der Waals surface area contributed by atoms with Crippen LogP contribution in [0.1, 0.15) is 33.1 Å². The fraction of sp³-hybridized carbons (Fsp3) is 0.611. The predicted octanol–water partition coefficient (Wildman–Crippen LogP) is 3.77. The second-order valence-electron chi connectivity index (χ2n) is 6.27. The number of benzene rings is 1. The van der Waals surface area contributed by atoms with Crippen molar-refractivity contribution in [3.8, 4) is 5.75 Å². The molecule has 23 heavy (non-hydrogen) atoms. The van der Waals surface area contributed by atoms with Crippen molar-refractivity contribution >= 4 is 29.9 Å². The summed E-state index contributed by atoms with van der Waals surface area (Å²) in [6.07, 6.45) is 3.57. The molecule has 0 spiro atoms. The van der Waals surface area contributed by atoms with Crippen molar-refractivity contribution < 1.29 is 4.74 Å². The first kappa shape index (κ1) is 20.1. The molecule has 130 valence electrons. The molecule has 0 atom stereocenters. The van der Waals surface area contributed by atoms with E-state index in [4.69, 9.17) is 4.74 Å². The molecule has 0 aromatic heterocycles. The van der Waals surface area contributed by atoms with E-state index in [-0.39, 0.29) is 24.0 Å². The standard InChI is InChI=1S/C18H29N3O.HI/c1-15(2)9-12-20-18(19-3)21-13-10-17(11-14-21)22-16-7-5-4-6-8-16;/h4-8,15,17H,9-14H2,1-3H3,(H,19,20);1H. The summed E-state index contributed by atoms with van der Waals surface area (Å²) in [5, 5.41) is 3.47. The number of rotatable bonds is 5. The van der Waals surface area contributed by atoms with Crippen molar-refractivity contribution in [1.29, 1.82) is 0 Å². The van der Waals surface area contributed by atoms with Crippen molar-refractivity contribution in [2.75, 3.05) is 26.7 Å². The molecule has 0 saturated carbocycles. The number of para-hydroxylation sites is 1. The van der Waals surface area contributed by atoms with Gasteiger partial charge in [-0.05, 0) is 24.5 Å². The molecule has 2 rings (SSSR count). The van der Waals surface area contributed by atoms with Gasteiger partial charge in [0, 0.05) is 39.5 Å². The highest BCUT2D eigenvalue weighted by atomic mass is 127. The van der Waals surface area contributed by atoms with Crippen molar-refractivity contribution in [3.63, 3.8) is 0 Å². The number of nitrogens with zero attached hydrogens (tertiary/aromatic N) is 2. The number of hydrogen-bond acceptors (Lipinski definition) is 2. The number of aliphatic imine (C=N–C) groups is 1. The normalized spacial score (nSPS) is 16.2. The largest absolute Gasteiger partial charge is 0.490 e. The lowest BCUT2D eigenvalue weighted by atomic mass is 10.1. The van der Waals surface area contributed by atoms with Gasteiger partial charge in [-0.1, -0.05) is 32.0 Å². The number of hydrogen-bond donors (Lipinski definition) is 1. The second-order valence-corrected chi connectivity index (χ2v) is 6.27. The zero-order chi connectivity index (χ0) is 15.8. The molecule has 1 aromatic rings. The molecule has 0 aliphatic carbocycles. The molecule has 1 heterocycles. The third kappa shape index (κ3) is 6.97. The third-order valence-corrected chi connectivity index (χ3v) is 4.00. The van der Waals surface area contributed by atoms with Gasteiger partial charge in [-0.25, -0.2) is 0 Å². The van der Waals surface area contributed by atoms with Gasteiger partial charge in [0.25, 0.3) is 0 Å². The topological polar surface area (TPSA) is 36.9 Å². The van der Waals surface area contributed by atoms with E-state index in [1.165, 1.54) is 6.42 Å². The van der Waals surface area contributed by atoms with Crippen molar-refractivity contribution in [2.45, 2.75) is 39.2 Å². The Morgan fingerprint density at radius 1 is 1.26 bits per heavy atom. The molecule has 1 aliphatic rings. The number of likely N-dealkylation sites (tertiary alicyclic amines) is 1. The van der Waals surface area contributed by atoms with Crippen LogP contribution in [0.25, 0.3) is 0 Å². The SMILES string of the molecule is CN=C(NCCC(C)C)N1CCC(Oc2ccccc2)CC1.I. The van der Waals surface area contributed by atoms with Gasteiger partial charge in [0.2, 0.25) is 0 Å². The van der Waals surface area contributed by atoms with E-state index >= 15 is 0 Å². The van der Waals surface area contributed by atoms with E-state index < -0.39 is 0 Å². The Kier molecular flexibility index (Phi) is 9.36. The summed E-state index contributed by atoms with van der Waals surface area (Å²) in [7, 11) is 1.87. The molecule has 0 radical (unpaired) electrons. The second kappa shape index (κ2) is 10.7. The van der Waals surface area contributed by atoms with Crippen LogP contribution in [0.3, 0.4) is 0 Å². The van der Waals surface area contributed by atoms with Crippen LogP contribution in [0, 0.1) is 5.92 Å². The Morgan fingerprint density at radius 3 is 2.48 bits per heavy atom. The van der Waals surface area contributed by atoms with Crippen LogP contribution in [0.4, 0.5) is 0 Å². The Balaban J connectivity index is 0.00000264. The van der Waals surface area contributed by atoms with Crippen molar-refractivity contribution in [3.05, 3.63) is 30.3 Å². The Hall–Kier alpha value is -0.980. The summed E-state index contributed by atoms with van der Waals surface area (Å²) in [6.45, 7) is 7.48. The molecule has 0 unspecified atom stereocenters. The minimum absolute atomic E-state index is 0. The predicted molar refractivity (Wildman–Crippen MR) is 108 cm³/mol. The number of ether oxygens (including phenoxy) is 1. The molecule has 0 amide bonds. The summed E-state index contributed by atoms with van der Waals surface area (Å²) in [4.78, 5) is 6.75. The van der Waals surface area contributed by atoms with Crippen LogP contribution in [0.15, 0.2) is 35.3 Å². The lowest BCUT2D eigenvalue weighted by molar-refractivity contribution is 0.129. The third-order valence-electron chi connectivity index (χ3n) is 4.00. The minimum Gasteiger partial charge on any atom is -0.490 e. The summed E-state index contributed by atoms with van der Waals surface area (Å²) < 4.78 is 6.04. The van der Waals surface area contributed by atoms with E-state index in [2.05, 4.69) is 29.1 Å². The molecule has 1 aliphatic heterocycles. The molecule has 0 bridgehead atoms. The van der Waals surface area contributed by atoms with Crippen molar-refractivity contribution in [2.24, 2.45) is 10.9 Å². The fourth-order valence-electron chi connectivity index (χ4n) is 2.68. The molecular weight excluding hydrogens is 401 g/mol. The number of guanidine groups is 1. The van der Waals surface area contributed by atoms with E-state index in [0.717, 1.165) is 50.1 Å². The summed E-state index contributed by atoms with van der Waals surface area (Å²) in [6, 6.07) is 10.1. The van der Waals surface area contributed by atoms with E-state index in [0.29, 0.717) is 6.10 Å². The van der Waals surface area contributed by atoms with Gasteiger partial charge in [-0.15, -0.1) is 24.0 Å². The molecular formula is C18H30IN3O. The van der Waals surface area contributed by atoms with Gasteiger partial charge in [0.05, 0.1) is 0 Å². The molecule has 1 aromatic carbocycles. The maximum absolute atomic E-state index is 6.04. The molecule has 1 N–H and O–H groups in total. The van der Waals surface area contributed by atoms with Crippen LogP contribution < -0.4 is 10.1 Å². The van der Waals surface area contributed by atoms with Crippen LogP contribution in [0.2, 0.25) is 0 Å². The highest BCUT2D eigenvalue weighted by Gasteiger charge is 2.22. The van der Waals surface area contributed by atoms with Crippen LogP contribution in [-0.2, 0) is 0 Å². The average Bonchev–Trinajstić information content (AvgIpc) is 2.53. The van der Waals surface area contributed by atoms with Crippen LogP contribution in [0.5, 0.6) is 5.75 Å². The first-order valence-electron chi connectivity index (χ1n) is 8.36. The van der Waals surface area contributed by atoms with Gasteiger partial charge in [0.15, 0.2) is 5.96 Å². The van der Waals surface area contributed by atoms with Gasteiger partial charge >= 0.3 is 0 Å². The smallest absolute Gasteiger partial charge is 0.193 e. The minimum atomic E-state index is 0. The highest BCUT2D eigenvalue weighted by molar-refractivity contribution is 14.0. The number of nitrogens with one attached hydrogen (secondary N) is 1. The first-order valence-corrected chi connectivity index (χ1v) is 8.36. The molecule has 4 nitrogen and oxygen atoms in total. The Labute approximate surface area is 157 Å².